The van der Waals surface area contributed by atoms with E-state index in [1.807, 2.05) is 30.3 Å². The number of nitrogens with zero attached hydrogens (tertiary/aromatic N) is 3. The summed E-state index contributed by atoms with van der Waals surface area (Å²) in [6.45, 7) is -0.187. The highest BCUT2D eigenvalue weighted by atomic mass is 35.5. The van der Waals surface area contributed by atoms with Gasteiger partial charge in [0.25, 0.3) is 0 Å². The third-order valence-electron chi connectivity index (χ3n) is 3.61. The van der Waals surface area contributed by atoms with Gasteiger partial charge in [0.2, 0.25) is 0 Å². The van der Waals surface area contributed by atoms with Crippen molar-refractivity contribution >= 4 is 50.7 Å². The number of carbonyl (C=O) groups is 1. The van der Waals surface area contributed by atoms with Gasteiger partial charge in [-0.2, -0.15) is 0 Å². The molecule has 6 heteroatoms. The van der Waals surface area contributed by atoms with Crippen molar-refractivity contribution in [1.29, 1.82) is 0 Å². The van der Waals surface area contributed by atoms with Crippen LogP contribution in [0.2, 0.25) is 5.02 Å². The summed E-state index contributed by atoms with van der Waals surface area (Å²) in [4.78, 5) is 20.4. The maximum atomic E-state index is 11.2. The normalized spacial score (nSPS) is 11.5. The zero-order chi connectivity index (χ0) is 15.3. The summed E-state index contributed by atoms with van der Waals surface area (Å²) >= 11 is 6.06. The van der Waals surface area contributed by atoms with Crippen molar-refractivity contribution in [2.75, 3.05) is 0 Å². The molecule has 1 N–H and O–H groups in total. The molecule has 22 heavy (non-hydrogen) atoms. The van der Waals surface area contributed by atoms with E-state index in [0.717, 1.165) is 21.9 Å². The van der Waals surface area contributed by atoms with Gasteiger partial charge in [-0.15, -0.1) is 0 Å². The number of fused-ring (bicyclic) bond motifs is 4. The van der Waals surface area contributed by atoms with Gasteiger partial charge in [-0.05, 0) is 30.3 Å². The molecular weight excluding hydrogens is 302 g/mol. The van der Waals surface area contributed by atoms with Crippen LogP contribution in [0.15, 0.2) is 42.5 Å². The van der Waals surface area contributed by atoms with Crippen LogP contribution >= 0.6 is 11.6 Å². The van der Waals surface area contributed by atoms with Gasteiger partial charge in [0, 0.05) is 10.4 Å². The molecule has 108 valence electrons. The molecular formula is C16H10ClN3O2. The molecule has 2 heterocycles. The van der Waals surface area contributed by atoms with Crippen molar-refractivity contribution in [2.24, 2.45) is 0 Å². The molecule has 0 spiro atoms. The van der Waals surface area contributed by atoms with E-state index >= 15 is 0 Å². The summed E-state index contributed by atoms with van der Waals surface area (Å²) < 4.78 is 1.64. The number of aliphatic carboxylic acids is 1. The molecule has 0 saturated heterocycles. The van der Waals surface area contributed by atoms with Crippen LogP contribution in [0.25, 0.3) is 33.1 Å². The lowest BCUT2D eigenvalue weighted by Gasteiger charge is -2.03. The van der Waals surface area contributed by atoms with Crippen molar-refractivity contribution in [3.8, 4) is 0 Å². The number of hydrogen-bond donors (Lipinski definition) is 1. The van der Waals surface area contributed by atoms with Crippen molar-refractivity contribution in [1.82, 2.24) is 14.5 Å². The van der Waals surface area contributed by atoms with Gasteiger partial charge < -0.3 is 9.67 Å². The predicted octanol–water partition coefficient (Wildman–Crippen LogP) is 3.48. The predicted molar refractivity (Wildman–Crippen MR) is 85.2 cm³/mol. The van der Waals surface area contributed by atoms with Gasteiger partial charge in [-0.25, -0.2) is 9.97 Å². The zero-order valence-electron chi connectivity index (χ0n) is 11.3. The van der Waals surface area contributed by atoms with Crippen molar-refractivity contribution in [3.63, 3.8) is 0 Å². The van der Waals surface area contributed by atoms with Crippen LogP contribution < -0.4 is 0 Å². The third-order valence-corrected chi connectivity index (χ3v) is 3.84. The minimum Gasteiger partial charge on any atom is -0.480 e. The molecule has 5 nitrogen and oxygen atoms in total. The fourth-order valence-electron chi connectivity index (χ4n) is 2.70. The first-order valence-corrected chi connectivity index (χ1v) is 7.07. The fourth-order valence-corrected chi connectivity index (χ4v) is 2.86. The number of carboxylic acids is 1. The number of carboxylic acid groups (broad SMARTS) is 1. The van der Waals surface area contributed by atoms with Crippen molar-refractivity contribution in [2.45, 2.75) is 6.54 Å². The van der Waals surface area contributed by atoms with Crippen LogP contribution in [0.5, 0.6) is 0 Å². The second kappa shape index (κ2) is 4.68. The summed E-state index contributed by atoms with van der Waals surface area (Å²) in [5, 5.41) is 10.6. The maximum absolute atomic E-state index is 11.2. The standard InChI is InChI=1S/C16H10ClN3O2/c17-9-5-6-10-13(7-9)20(8-14(21)22)16-15(10)18-11-3-1-2-4-12(11)19-16/h1-7H,8H2,(H,21,22). The molecule has 0 atom stereocenters. The molecule has 0 fully saturated rings. The first-order chi connectivity index (χ1) is 10.6. The van der Waals surface area contributed by atoms with Gasteiger partial charge in [0.15, 0.2) is 5.65 Å². The summed E-state index contributed by atoms with van der Waals surface area (Å²) in [6, 6.07) is 12.9. The first kappa shape index (κ1) is 13.0. The van der Waals surface area contributed by atoms with Gasteiger partial charge in [-0.3, -0.25) is 4.79 Å². The molecule has 0 unspecified atom stereocenters. The zero-order valence-corrected chi connectivity index (χ0v) is 12.1. The van der Waals surface area contributed by atoms with Crippen molar-refractivity contribution < 1.29 is 9.90 Å². The van der Waals surface area contributed by atoms with Gasteiger partial charge >= 0.3 is 5.97 Å². The van der Waals surface area contributed by atoms with E-state index < -0.39 is 5.97 Å². The molecule has 0 radical (unpaired) electrons. The van der Waals surface area contributed by atoms with Crippen LogP contribution in [0, 0.1) is 0 Å². The number of benzene rings is 2. The van der Waals surface area contributed by atoms with E-state index in [1.165, 1.54) is 0 Å². The summed E-state index contributed by atoms with van der Waals surface area (Å²) in [5.74, 6) is -0.936. The fraction of sp³-hybridized carbons (Fsp3) is 0.0625. The molecule has 4 rings (SSSR count). The lowest BCUT2D eigenvalue weighted by atomic mass is 10.2. The van der Waals surface area contributed by atoms with Crippen LogP contribution in [-0.2, 0) is 11.3 Å². The monoisotopic (exact) mass is 311 g/mol. The van der Waals surface area contributed by atoms with E-state index in [-0.39, 0.29) is 6.54 Å². The second-order valence-electron chi connectivity index (χ2n) is 5.03. The number of aromatic nitrogens is 3. The van der Waals surface area contributed by atoms with Crippen LogP contribution in [0.3, 0.4) is 0 Å². The smallest absolute Gasteiger partial charge is 0.323 e. The van der Waals surface area contributed by atoms with E-state index in [9.17, 15) is 9.90 Å². The SMILES string of the molecule is O=C(O)Cn1c2cc(Cl)ccc2c2nc3ccccc3nc21. The van der Waals surface area contributed by atoms with E-state index in [2.05, 4.69) is 9.97 Å². The Labute approximate surface area is 129 Å². The molecule has 0 saturated carbocycles. The molecule has 2 aromatic carbocycles. The molecule has 0 aliphatic carbocycles. The number of para-hydroxylation sites is 2. The van der Waals surface area contributed by atoms with Crippen LogP contribution in [0.1, 0.15) is 0 Å². The molecule has 0 aliphatic heterocycles. The first-order valence-electron chi connectivity index (χ1n) is 6.69. The Balaban J connectivity index is 2.20. The second-order valence-corrected chi connectivity index (χ2v) is 5.46. The summed E-state index contributed by atoms with van der Waals surface area (Å²) in [6.07, 6.45) is 0. The van der Waals surface area contributed by atoms with E-state index in [4.69, 9.17) is 11.6 Å². The largest absolute Gasteiger partial charge is 0.480 e. The average molecular weight is 312 g/mol. The molecule has 0 bridgehead atoms. The Bertz CT molecular complexity index is 1060. The highest BCUT2D eigenvalue weighted by Crippen LogP contribution is 2.30. The number of halogens is 1. The van der Waals surface area contributed by atoms with E-state index in [1.54, 1.807) is 16.7 Å². The Hall–Kier alpha value is -2.66. The highest BCUT2D eigenvalue weighted by Gasteiger charge is 2.16. The summed E-state index contributed by atoms with van der Waals surface area (Å²) in [7, 11) is 0. The summed E-state index contributed by atoms with van der Waals surface area (Å²) in [5.41, 5.74) is 3.47. The Morgan fingerprint density at radius 2 is 1.86 bits per heavy atom. The molecule has 2 aromatic heterocycles. The van der Waals surface area contributed by atoms with Crippen LogP contribution in [0.4, 0.5) is 0 Å². The number of hydrogen-bond acceptors (Lipinski definition) is 3. The van der Waals surface area contributed by atoms with Gasteiger partial charge in [-0.1, -0.05) is 23.7 Å². The van der Waals surface area contributed by atoms with Gasteiger partial charge in [0.05, 0.1) is 16.6 Å². The average Bonchev–Trinajstić information content (AvgIpc) is 2.78. The lowest BCUT2D eigenvalue weighted by molar-refractivity contribution is -0.137. The minimum atomic E-state index is -0.936. The Kier molecular flexibility index (Phi) is 2.77. The van der Waals surface area contributed by atoms with Gasteiger partial charge in [0.1, 0.15) is 12.1 Å². The molecule has 0 aliphatic rings. The topological polar surface area (TPSA) is 68.0 Å². The maximum Gasteiger partial charge on any atom is 0.323 e. The van der Waals surface area contributed by atoms with Crippen molar-refractivity contribution in [3.05, 3.63) is 47.5 Å². The van der Waals surface area contributed by atoms with Crippen LogP contribution in [-0.4, -0.2) is 25.6 Å². The Morgan fingerprint density at radius 3 is 2.59 bits per heavy atom. The molecule has 4 aromatic rings. The number of rotatable bonds is 2. The third kappa shape index (κ3) is 1.90. The lowest BCUT2D eigenvalue weighted by Crippen LogP contribution is -2.09. The Morgan fingerprint density at radius 1 is 1.14 bits per heavy atom. The quantitative estimate of drug-likeness (QED) is 0.615. The molecule has 0 amide bonds. The minimum absolute atomic E-state index is 0.187. The van der Waals surface area contributed by atoms with E-state index in [0.29, 0.717) is 16.2 Å². The highest BCUT2D eigenvalue weighted by molar-refractivity contribution is 6.31.